The van der Waals surface area contributed by atoms with E-state index in [2.05, 4.69) is 10.1 Å². The van der Waals surface area contributed by atoms with Crippen LogP contribution >= 0.6 is 0 Å². The summed E-state index contributed by atoms with van der Waals surface area (Å²) in [5, 5.41) is 4.02. The van der Waals surface area contributed by atoms with Gasteiger partial charge < -0.3 is 14.0 Å². The normalized spacial score (nSPS) is 21.1. The Morgan fingerprint density at radius 2 is 1.92 bits per heavy atom. The Kier molecular flexibility index (Phi) is 4.36. The van der Waals surface area contributed by atoms with Gasteiger partial charge in [0.15, 0.2) is 17.3 Å². The van der Waals surface area contributed by atoms with Gasteiger partial charge in [-0.15, -0.1) is 0 Å². The number of rotatable bonds is 6. The lowest BCUT2D eigenvalue weighted by molar-refractivity contribution is 0.289. The van der Waals surface area contributed by atoms with Gasteiger partial charge in [-0.1, -0.05) is 5.16 Å². The predicted octanol–water partition coefficient (Wildman–Crippen LogP) is 2.49. The van der Waals surface area contributed by atoms with Crippen molar-refractivity contribution in [3.8, 4) is 11.5 Å². The standard InChI is InChI=1S/C17H21N3O5S/c1-23-14-8-7-12(10-15(14)24-2)26(21,22)20-9-3-4-13(20)17-18-16(19-25-17)11-5-6-11/h7-8,10-11,13H,3-6,9H2,1-2H3. The molecule has 0 amide bonds. The van der Waals surface area contributed by atoms with Crippen molar-refractivity contribution < 1.29 is 22.4 Å². The number of methoxy groups -OCH3 is 2. The van der Waals surface area contributed by atoms with Crippen molar-refractivity contribution in [2.24, 2.45) is 0 Å². The molecule has 1 unspecified atom stereocenters. The fourth-order valence-electron chi connectivity index (χ4n) is 3.28. The maximum atomic E-state index is 13.2. The summed E-state index contributed by atoms with van der Waals surface area (Å²) in [4.78, 5) is 4.60. The zero-order valence-electron chi connectivity index (χ0n) is 14.7. The molecular formula is C17H21N3O5S. The van der Waals surface area contributed by atoms with E-state index in [1.165, 1.54) is 30.7 Å². The van der Waals surface area contributed by atoms with Crippen LogP contribution in [0, 0.1) is 0 Å². The molecular weight excluding hydrogens is 358 g/mol. The molecule has 2 aliphatic rings. The van der Waals surface area contributed by atoms with Crippen molar-refractivity contribution in [3.63, 3.8) is 0 Å². The van der Waals surface area contributed by atoms with Gasteiger partial charge in [-0.2, -0.15) is 9.29 Å². The summed E-state index contributed by atoms with van der Waals surface area (Å²) in [6.45, 7) is 0.419. The van der Waals surface area contributed by atoms with Crippen LogP contribution in [0.15, 0.2) is 27.6 Å². The molecule has 0 spiro atoms. The van der Waals surface area contributed by atoms with Gasteiger partial charge in [0.05, 0.1) is 19.1 Å². The van der Waals surface area contributed by atoms with Crippen LogP contribution in [-0.4, -0.2) is 43.6 Å². The van der Waals surface area contributed by atoms with Gasteiger partial charge in [-0.05, 0) is 37.8 Å². The fraction of sp³-hybridized carbons (Fsp3) is 0.529. The summed E-state index contributed by atoms with van der Waals surface area (Å²) >= 11 is 0. The van der Waals surface area contributed by atoms with Crippen LogP contribution in [0.3, 0.4) is 0 Å². The van der Waals surface area contributed by atoms with Crippen molar-refractivity contribution in [3.05, 3.63) is 29.9 Å². The highest BCUT2D eigenvalue weighted by molar-refractivity contribution is 7.89. The smallest absolute Gasteiger partial charge is 0.245 e. The number of nitrogens with zero attached hydrogens (tertiary/aromatic N) is 3. The highest BCUT2D eigenvalue weighted by atomic mass is 32.2. The molecule has 4 rings (SSSR count). The number of aromatic nitrogens is 2. The van der Waals surface area contributed by atoms with Gasteiger partial charge in [0.25, 0.3) is 0 Å². The average Bonchev–Trinajstić information content (AvgIpc) is 3.18. The molecule has 1 saturated heterocycles. The molecule has 0 bridgehead atoms. The first-order valence-corrected chi connectivity index (χ1v) is 10.1. The van der Waals surface area contributed by atoms with Crippen molar-refractivity contribution in [1.82, 2.24) is 14.4 Å². The van der Waals surface area contributed by atoms with Gasteiger partial charge in [0.2, 0.25) is 15.9 Å². The Hall–Kier alpha value is -2.13. The van der Waals surface area contributed by atoms with Crippen LogP contribution in [0.2, 0.25) is 0 Å². The Bertz CT molecular complexity index is 907. The maximum absolute atomic E-state index is 13.2. The van der Waals surface area contributed by atoms with Crippen LogP contribution in [0.1, 0.15) is 49.4 Å². The lowest BCUT2D eigenvalue weighted by atomic mass is 10.2. The monoisotopic (exact) mass is 379 g/mol. The largest absolute Gasteiger partial charge is 0.493 e. The Morgan fingerprint density at radius 1 is 1.15 bits per heavy atom. The third-order valence-electron chi connectivity index (χ3n) is 4.85. The number of benzene rings is 1. The fourth-order valence-corrected chi connectivity index (χ4v) is 4.94. The molecule has 1 saturated carbocycles. The number of hydrogen-bond donors (Lipinski definition) is 0. The summed E-state index contributed by atoms with van der Waals surface area (Å²) in [5.74, 6) is 2.29. The molecule has 9 heteroatoms. The summed E-state index contributed by atoms with van der Waals surface area (Å²) in [6, 6.07) is 4.17. The van der Waals surface area contributed by atoms with Crippen LogP contribution in [-0.2, 0) is 10.0 Å². The molecule has 1 aliphatic heterocycles. The summed E-state index contributed by atoms with van der Waals surface area (Å²) in [5.41, 5.74) is 0. The Morgan fingerprint density at radius 3 is 2.62 bits per heavy atom. The zero-order chi connectivity index (χ0) is 18.3. The SMILES string of the molecule is COc1ccc(S(=O)(=O)N2CCCC2c2nc(C3CC3)no2)cc1OC. The van der Waals surface area contributed by atoms with E-state index < -0.39 is 16.1 Å². The van der Waals surface area contributed by atoms with E-state index in [9.17, 15) is 8.42 Å². The second kappa shape index (κ2) is 6.55. The van der Waals surface area contributed by atoms with E-state index in [4.69, 9.17) is 14.0 Å². The van der Waals surface area contributed by atoms with Gasteiger partial charge in [-0.3, -0.25) is 0 Å². The van der Waals surface area contributed by atoms with E-state index in [1.807, 2.05) is 0 Å². The summed E-state index contributed by atoms with van der Waals surface area (Å²) < 4.78 is 43.6. The minimum Gasteiger partial charge on any atom is -0.493 e. The molecule has 2 aromatic rings. The number of sulfonamides is 1. The average molecular weight is 379 g/mol. The molecule has 1 aromatic heterocycles. The second-order valence-corrected chi connectivity index (χ2v) is 8.45. The summed E-state index contributed by atoms with van der Waals surface area (Å²) in [7, 11) is -0.733. The lowest BCUT2D eigenvalue weighted by Crippen LogP contribution is -2.31. The predicted molar refractivity (Wildman–Crippen MR) is 91.7 cm³/mol. The van der Waals surface area contributed by atoms with Gasteiger partial charge >= 0.3 is 0 Å². The molecule has 0 radical (unpaired) electrons. The van der Waals surface area contributed by atoms with Crippen LogP contribution in [0.25, 0.3) is 0 Å². The third-order valence-corrected chi connectivity index (χ3v) is 6.75. The number of hydrogen-bond acceptors (Lipinski definition) is 7. The van der Waals surface area contributed by atoms with E-state index >= 15 is 0 Å². The van der Waals surface area contributed by atoms with E-state index in [1.54, 1.807) is 6.07 Å². The molecule has 8 nitrogen and oxygen atoms in total. The van der Waals surface area contributed by atoms with Crippen LogP contribution < -0.4 is 9.47 Å². The maximum Gasteiger partial charge on any atom is 0.245 e. The topological polar surface area (TPSA) is 94.8 Å². The zero-order valence-corrected chi connectivity index (χ0v) is 15.5. The Labute approximate surface area is 152 Å². The van der Waals surface area contributed by atoms with Gasteiger partial charge in [0.1, 0.15) is 6.04 Å². The van der Waals surface area contributed by atoms with Crippen molar-refractivity contribution in [2.75, 3.05) is 20.8 Å². The first-order chi connectivity index (χ1) is 12.5. The van der Waals surface area contributed by atoms with Gasteiger partial charge in [-0.25, -0.2) is 8.42 Å². The van der Waals surface area contributed by atoms with Crippen LogP contribution in [0.5, 0.6) is 11.5 Å². The highest BCUT2D eigenvalue weighted by Gasteiger charge is 2.40. The second-order valence-electron chi connectivity index (χ2n) is 6.56. The first-order valence-electron chi connectivity index (χ1n) is 8.62. The Balaban J connectivity index is 1.65. The molecule has 1 atom stereocenters. The molecule has 1 aromatic carbocycles. The molecule has 0 N–H and O–H groups in total. The molecule has 2 fully saturated rings. The number of ether oxygens (including phenoxy) is 2. The quantitative estimate of drug-likeness (QED) is 0.761. The minimum absolute atomic E-state index is 0.156. The van der Waals surface area contributed by atoms with E-state index in [0.717, 1.165) is 19.3 Å². The first kappa shape index (κ1) is 17.3. The van der Waals surface area contributed by atoms with Gasteiger partial charge in [0, 0.05) is 18.5 Å². The minimum atomic E-state index is -3.72. The summed E-state index contributed by atoms with van der Waals surface area (Å²) in [6.07, 6.45) is 3.55. The molecule has 1 aliphatic carbocycles. The molecule has 2 heterocycles. The molecule has 140 valence electrons. The van der Waals surface area contributed by atoms with Crippen molar-refractivity contribution >= 4 is 10.0 Å². The third kappa shape index (κ3) is 2.95. The van der Waals surface area contributed by atoms with Crippen molar-refractivity contribution in [2.45, 2.75) is 42.5 Å². The lowest BCUT2D eigenvalue weighted by Gasteiger charge is -2.22. The van der Waals surface area contributed by atoms with Crippen molar-refractivity contribution in [1.29, 1.82) is 0 Å². The highest BCUT2D eigenvalue weighted by Crippen LogP contribution is 2.41. The van der Waals surface area contributed by atoms with E-state index in [0.29, 0.717) is 42.1 Å². The van der Waals surface area contributed by atoms with E-state index in [-0.39, 0.29) is 4.90 Å². The van der Waals surface area contributed by atoms with Crippen LogP contribution in [0.4, 0.5) is 0 Å². The molecule has 26 heavy (non-hydrogen) atoms.